The van der Waals surface area contributed by atoms with Crippen molar-refractivity contribution in [3.05, 3.63) is 24.3 Å². The Hall–Kier alpha value is -1.25. The van der Waals surface area contributed by atoms with Crippen molar-refractivity contribution in [2.45, 2.75) is 31.1 Å². The maximum absolute atomic E-state index is 13.0. The Morgan fingerprint density at radius 2 is 2.00 bits per heavy atom. The molecule has 1 aliphatic rings. The summed E-state index contributed by atoms with van der Waals surface area (Å²) >= 11 is 1.70. The lowest BCUT2D eigenvalue weighted by Crippen LogP contribution is -2.44. The summed E-state index contributed by atoms with van der Waals surface area (Å²) in [6.45, 7) is 3.66. The molecule has 1 aromatic rings. The number of thioether (sulfide) groups is 1. The predicted molar refractivity (Wildman–Crippen MR) is 110 cm³/mol. The lowest BCUT2D eigenvalue weighted by Gasteiger charge is -2.37. The van der Waals surface area contributed by atoms with E-state index < -0.39 is 10.0 Å². The Kier molecular flexibility index (Phi) is 8.44. The van der Waals surface area contributed by atoms with Crippen molar-refractivity contribution >= 4 is 27.7 Å². The molecule has 0 aromatic heterocycles. The van der Waals surface area contributed by atoms with Crippen molar-refractivity contribution < 1.29 is 17.9 Å². The third-order valence-corrected chi connectivity index (χ3v) is 7.64. The minimum atomic E-state index is -3.53. The number of hydrogen-bond acceptors (Lipinski definition) is 5. The van der Waals surface area contributed by atoms with Crippen molar-refractivity contribution in [2.75, 3.05) is 38.8 Å². The Bertz CT molecular complexity index is 707. The molecule has 1 heterocycles. The van der Waals surface area contributed by atoms with Crippen LogP contribution in [-0.2, 0) is 14.8 Å². The van der Waals surface area contributed by atoms with Crippen LogP contribution in [0.4, 0.5) is 0 Å². The van der Waals surface area contributed by atoms with Crippen molar-refractivity contribution in [3.63, 3.8) is 0 Å². The fourth-order valence-electron chi connectivity index (χ4n) is 3.50. The minimum Gasteiger partial charge on any atom is -0.497 e. The number of amides is 1. The first-order valence-corrected chi connectivity index (χ1v) is 12.2. The SMILES string of the molecule is CC[C@@H]1CN(S(=O)(=O)c2ccc(OC)cc2)CC[C@H]1CC(=O)NCCSC. The van der Waals surface area contributed by atoms with Gasteiger partial charge in [0.25, 0.3) is 0 Å². The number of rotatable bonds is 9. The van der Waals surface area contributed by atoms with Gasteiger partial charge in [-0.3, -0.25) is 4.79 Å². The van der Waals surface area contributed by atoms with Gasteiger partial charge in [-0.15, -0.1) is 0 Å². The molecule has 27 heavy (non-hydrogen) atoms. The second-order valence-corrected chi connectivity index (χ2v) is 9.73. The molecule has 0 unspecified atom stereocenters. The van der Waals surface area contributed by atoms with Crippen LogP contribution >= 0.6 is 11.8 Å². The molecule has 8 heteroatoms. The average molecular weight is 415 g/mol. The Labute approximate surface area is 167 Å². The molecule has 0 saturated carbocycles. The first-order chi connectivity index (χ1) is 12.9. The summed E-state index contributed by atoms with van der Waals surface area (Å²) in [7, 11) is -1.97. The number of benzene rings is 1. The molecule has 0 radical (unpaired) electrons. The molecule has 1 N–H and O–H groups in total. The molecule has 0 bridgehead atoms. The van der Waals surface area contributed by atoms with Gasteiger partial charge in [0, 0.05) is 31.8 Å². The zero-order valence-electron chi connectivity index (χ0n) is 16.3. The van der Waals surface area contributed by atoms with Crippen LogP contribution in [0, 0.1) is 11.8 Å². The topological polar surface area (TPSA) is 75.7 Å². The van der Waals surface area contributed by atoms with E-state index in [1.165, 1.54) is 0 Å². The zero-order chi connectivity index (χ0) is 19.9. The van der Waals surface area contributed by atoms with Gasteiger partial charge in [0.15, 0.2) is 0 Å². The quantitative estimate of drug-likeness (QED) is 0.629. The third kappa shape index (κ3) is 5.86. The van der Waals surface area contributed by atoms with Crippen molar-refractivity contribution in [2.24, 2.45) is 11.8 Å². The van der Waals surface area contributed by atoms with E-state index in [2.05, 4.69) is 12.2 Å². The van der Waals surface area contributed by atoms with E-state index in [4.69, 9.17) is 4.74 Å². The molecule has 2 rings (SSSR count). The summed E-state index contributed by atoms with van der Waals surface area (Å²) < 4.78 is 32.6. The summed E-state index contributed by atoms with van der Waals surface area (Å²) in [5, 5.41) is 2.95. The number of carbonyl (C=O) groups is 1. The smallest absolute Gasteiger partial charge is 0.243 e. The standard InChI is InChI=1S/C19H30N2O4S2/c1-4-15-14-21(11-9-16(15)13-19(22)20-10-12-26-3)27(23,24)18-7-5-17(25-2)6-8-18/h5-8,15-16H,4,9-14H2,1-3H3,(H,20,22)/t15-,16+/m1/s1. The minimum absolute atomic E-state index is 0.0685. The van der Waals surface area contributed by atoms with Crippen molar-refractivity contribution in [1.82, 2.24) is 9.62 Å². The van der Waals surface area contributed by atoms with Gasteiger partial charge < -0.3 is 10.1 Å². The number of ether oxygens (including phenoxy) is 1. The highest BCUT2D eigenvalue weighted by Crippen LogP contribution is 2.32. The van der Waals surface area contributed by atoms with E-state index in [9.17, 15) is 13.2 Å². The third-order valence-electron chi connectivity index (χ3n) is 5.15. The van der Waals surface area contributed by atoms with E-state index in [0.717, 1.165) is 12.2 Å². The second kappa shape index (κ2) is 10.3. The molecule has 1 saturated heterocycles. The maximum atomic E-state index is 13.0. The summed E-state index contributed by atoms with van der Waals surface area (Å²) in [6, 6.07) is 6.49. The van der Waals surface area contributed by atoms with Crippen LogP contribution in [0.25, 0.3) is 0 Å². The fraction of sp³-hybridized carbons (Fsp3) is 0.632. The van der Waals surface area contributed by atoms with Crippen LogP contribution in [0.1, 0.15) is 26.2 Å². The van der Waals surface area contributed by atoms with Gasteiger partial charge in [-0.25, -0.2) is 8.42 Å². The van der Waals surface area contributed by atoms with Crippen LogP contribution < -0.4 is 10.1 Å². The molecule has 6 nitrogen and oxygen atoms in total. The highest BCUT2D eigenvalue weighted by molar-refractivity contribution is 7.98. The number of carbonyl (C=O) groups excluding carboxylic acids is 1. The van der Waals surface area contributed by atoms with Gasteiger partial charge >= 0.3 is 0 Å². The summed E-state index contributed by atoms with van der Waals surface area (Å²) in [5.74, 6) is 2.02. The number of nitrogens with one attached hydrogen (secondary N) is 1. The second-order valence-electron chi connectivity index (χ2n) is 6.80. The number of methoxy groups -OCH3 is 1. The predicted octanol–water partition coefficient (Wildman–Crippen LogP) is 2.60. The fourth-order valence-corrected chi connectivity index (χ4v) is 5.31. The summed E-state index contributed by atoms with van der Waals surface area (Å²) in [4.78, 5) is 12.4. The Balaban J connectivity index is 2.00. The van der Waals surface area contributed by atoms with Crippen molar-refractivity contribution in [1.29, 1.82) is 0 Å². The van der Waals surface area contributed by atoms with Gasteiger partial charge in [0.1, 0.15) is 5.75 Å². The molecular formula is C19H30N2O4S2. The van der Waals surface area contributed by atoms with Crippen LogP contribution in [-0.4, -0.2) is 57.4 Å². The highest BCUT2D eigenvalue weighted by atomic mass is 32.2. The molecule has 1 aliphatic heterocycles. The highest BCUT2D eigenvalue weighted by Gasteiger charge is 2.35. The van der Waals surface area contributed by atoms with Gasteiger partial charge in [0.2, 0.25) is 15.9 Å². The number of nitrogens with zero attached hydrogens (tertiary/aromatic N) is 1. The Morgan fingerprint density at radius 3 is 2.59 bits per heavy atom. The van der Waals surface area contributed by atoms with Gasteiger partial charge in [-0.05, 0) is 48.8 Å². The molecule has 0 aliphatic carbocycles. The van der Waals surface area contributed by atoms with Crippen LogP contribution in [0.5, 0.6) is 5.75 Å². The van der Waals surface area contributed by atoms with Crippen LogP contribution in [0.15, 0.2) is 29.2 Å². The average Bonchev–Trinajstić information content (AvgIpc) is 2.68. The summed E-state index contributed by atoms with van der Waals surface area (Å²) in [5.41, 5.74) is 0. The van der Waals surface area contributed by atoms with Gasteiger partial charge in [-0.1, -0.05) is 13.3 Å². The molecule has 1 amide bonds. The monoisotopic (exact) mass is 414 g/mol. The lowest BCUT2D eigenvalue weighted by atomic mass is 9.82. The lowest BCUT2D eigenvalue weighted by molar-refractivity contribution is -0.122. The zero-order valence-corrected chi connectivity index (χ0v) is 17.9. The molecular weight excluding hydrogens is 384 g/mol. The Morgan fingerprint density at radius 1 is 1.30 bits per heavy atom. The normalized spacial score (nSPS) is 21.0. The van der Waals surface area contributed by atoms with Crippen LogP contribution in [0.2, 0.25) is 0 Å². The number of sulfonamides is 1. The molecule has 152 valence electrons. The van der Waals surface area contributed by atoms with Crippen LogP contribution in [0.3, 0.4) is 0 Å². The summed E-state index contributed by atoms with van der Waals surface area (Å²) in [6.07, 6.45) is 4.06. The van der Waals surface area contributed by atoms with E-state index >= 15 is 0 Å². The molecule has 2 atom stereocenters. The first kappa shape index (κ1) is 22.0. The number of hydrogen-bond donors (Lipinski definition) is 1. The van der Waals surface area contributed by atoms with E-state index in [1.54, 1.807) is 47.4 Å². The molecule has 0 spiro atoms. The maximum Gasteiger partial charge on any atom is 0.243 e. The van der Waals surface area contributed by atoms with Gasteiger partial charge in [0.05, 0.1) is 12.0 Å². The van der Waals surface area contributed by atoms with E-state index in [-0.39, 0.29) is 22.6 Å². The largest absolute Gasteiger partial charge is 0.497 e. The van der Waals surface area contributed by atoms with Crippen molar-refractivity contribution in [3.8, 4) is 5.75 Å². The molecule has 1 fully saturated rings. The molecule has 1 aromatic carbocycles. The number of piperidine rings is 1. The van der Waals surface area contributed by atoms with Gasteiger partial charge in [-0.2, -0.15) is 16.1 Å². The van der Waals surface area contributed by atoms with E-state index in [0.29, 0.717) is 38.2 Å². The van der Waals surface area contributed by atoms with E-state index in [1.807, 2.05) is 6.26 Å². The first-order valence-electron chi connectivity index (χ1n) is 9.32.